The highest BCUT2D eigenvalue weighted by atomic mass is 28.4. The van der Waals surface area contributed by atoms with Gasteiger partial charge in [0.2, 0.25) is 5.91 Å². The van der Waals surface area contributed by atoms with E-state index >= 15 is 0 Å². The van der Waals surface area contributed by atoms with Gasteiger partial charge in [0, 0.05) is 5.54 Å². The molecule has 0 bridgehead atoms. The lowest BCUT2D eigenvalue weighted by molar-refractivity contribution is -0.126. The average molecular weight is 301 g/mol. The van der Waals surface area contributed by atoms with Crippen LogP contribution in [0, 0.1) is 0 Å². The van der Waals surface area contributed by atoms with Gasteiger partial charge in [0.25, 0.3) is 0 Å². The third-order valence-electron chi connectivity index (χ3n) is 4.20. The molecule has 0 aromatic carbocycles. The van der Waals surface area contributed by atoms with E-state index in [4.69, 9.17) is 4.43 Å². The standard InChI is InChI=1S/C15H32N2O2Si/c1-14(2,3)17-13(18)12-11(9-10-16-12)19-20(7,8)15(4,5)6/h11-12,16H,9-10H2,1-8H3,(H,17,18)/t11-,12+/m1/s1. The Balaban J connectivity index is 2.73. The number of carbonyl (C=O) groups is 1. The molecule has 2 N–H and O–H groups in total. The molecule has 2 atom stereocenters. The number of amides is 1. The molecule has 1 aliphatic heterocycles. The first-order valence-electron chi connectivity index (χ1n) is 7.57. The molecule has 0 aliphatic carbocycles. The van der Waals surface area contributed by atoms with Crippen LogP contribution < -0.4 is 10.6 Å². The summed E-state index contributed by atoms with van der Waals surface area (Å²) in [6.45, 7) is 18.0. The molecule has 0 aromatic heterocycles. The zero-order valence-corrected chi connectivity index (χ0v) is 15.4. The summed E-state index contributed by atoms with van der Waals surface area (Å²) >= 11 is 0. The maximum absolute atomic E-state index is 12.4. The summed E-state index contributed by atoms with van der Waals surface area (Å²) in [5.41, 5.74) is -0.205. The van der Waals surface area contributed by atoms with Crippen LogP contribution in [-0.4, -0.2) is 38.5 Å². The summed E-state index contributed by atoms with van der Waals surface area (Å²) in [4.78, 5) is 12.4. The third kappa shape index (κ3) is 4.57. The largest absolute Gasteiger partial charge is 0.412 e. The molecule has 4 nitrogen and oxygen atoms in total. The predicted molar refractivity (Wildman–Crippen MR) is 86.4 cm³/mol. The quantitative estimate of drug-likeness (QED) is 0.788. The van der Waals surface area contributed by atoms with E-state index in [1.807, 2.05) is 20.8 Å². The molecular formula is C15H32N2O2Si. The van der Waals surface area contributed by atoms with Crippen molar-refractivity contribution in [3.63, 3.8) is 0 Å². The van der Waals surface area contributed by atoms with Crippen molar-refractivity contribution in [1.82, 2.24) is 10.6 Å². The van der Waals surface area contributed by atoms with Crippen molar-refractivity contribution in [1.29, 1.82) is 0 Å². The predicted octanol–water partition coefficient (Wildman–Crippen LogP) is 2.65. The van der Waals surface area contributed by atoms with Gasteiger partial charge >= 0.3 is 0 Å². The molecule has 0 saturated carbocycles. The molecule has 1 heterocycles. The Labute approximate surface area is 125 Å². The Morgan fingerprint density at radius 3 is 2.20 bits per heavy atom. The smallest absolute Gasteiger partial charge is 0.240 e. The van der Waals surface area contributed by atoms with Crippen LogP contribution in [0.25, 0.3) is 0 Å². The zero-order valence-electron chi connectivity index (χ0n) is 14.4. The van der Waals surface area contributed by atoms with Crippen LogP contribution in [0.5, 0.6) is 0 Å². The molecule has 20 heavy (non-hydrogen) atoms. The average Bonchev–Trinajstić information content (AvgIpc) is 2.60. The topological polar surface area (TPSA) is 50.4 Å². The molecule has 1 amide bonds. The molecule has 1 saturated heterocycles. The molecular weight excluding hydrogens is 268 g/mol. The van der Waals surface area contributed by atoms with Gasteiger partial charge in [-0.05, 0) is 51.9 Å². The van der Waals surface area contributed by atoms with Crippen LogP contribution in [0.4, 0.5) is 0 Å². The van der Waals surface area contributed by atoms with Crippen LogP contribution in [0.2, 0.25) is 18.1 Å². The normalized spacial score (nSPS) is 24.8. The Morgan fingerprint density at radius 2 is 1.75 bits per heavy atom. The maximum Gasteiger partial charge on any atom is 0.240 e. The van der Waals surface area contributed by atoms with Crippen LogP contribution in [0.15, 0.2) is 0 Å². The summed E-state index contributed by atoms with van der Waals surface area (Å²) in [5.74, 6) is 0.0544. The van der Waals surface area contributed by atoms with Crippen molar-refractivity contribution >= 4 is 14.2 Å². The van der Waals surface area contributed by atoms with Gasteiger partial charge in [0.05, 0.1) is 6.10 Å². The number of nitrogens with one attached hydrogen (secondary N) is 2. The number of hydrogen-bond donors (Lipinski definition) is 2. The van der Waals surface area contributed by atoms with E-state index in [0.717, 1.165) is 13.0 Å². The van der Waals surface area contributed by atoms with Crippen molar-refractivity contribution in [2.75, 3.05) is 6.54 Å². The van der Waals surface area contributed by atoms with Crippen LogP contribution >= 0.6 is 0 Å². The Morgan fingerprint density at radius 1 is 1.20 bits per heavy atom. The van der Waals surface area contributed by atoms with Crippen molar-refractivity contribution in [2.45, 2.75) is 83.8 Å². The van der Waals surface area contributed by atoms with E-state index in [-0.39, 0.29) is 28.6 Å². The van der Waals surface area contributed by atoms with Gasteiger partial charge < -0.3 is 15.1 Å². The number of rotatable bonds is 3. The van der Waals surface area contributed by atoms with Crippen LogP contribution in [0.3, 0.4) is 0 Å². The van der Waals surface area contributed by atoms with E-state index in [9.17, 15) is 4.79 Å². The van der Waals surface area contributed by atoms with Gasteiger partial charge in [-0.25, -0.2) is 0 Å². The molecule has 1 rings (SSSR count). The fourth-order valence-electron chi connectivity index (χ4n) is 2.07. The van der Waals surface area contributed by atoms with Crippen molar-refractivity contribution in [3.8, 4) is 0 Å². The first kappa shape index (κ1) is 17.7. The van der Waals surface area contributed by atoms with Crippen molar-refractivity contribution in [3.05, 3.63) is 0 Å². The number of carbonyl (C=O) groups excluding carboxylic acids is 1. The second kappa shape index (κ2) is 5.77. The Kier molecular flexibility index (Phi) is 5.10. The molecule has 0 radical (unpaired) electrons. The van der Waals surface area contributed by atoms with Gasteiger partial charge in [-0.3, -0.25) is 4.79 Å². The first-order valence-corrected chi connectivity index (χ1v) is 10.5. The SMILES string of the molecule is CC(C)(C)NC(=O)[C@H]1NCC[C@H]1O[Si](C)(C)C(C)(C)C. The summed E-state index contributed by atoms with van der Waals surface area (Å²) in [7, 11) is -1.84. The van der Waals surface area contributed by atoms with E-state index in [0.29, 0.717) is 0 Å². The minimum Gasteiger partial charge on any atom is -0.412 e. The number of hydrogen-bond acceptors (Lipinski definition) is 3. The van der Waals surface area contributed by atoms with Gasteiger partial charge in [-0.15, -0.1) is 0 Å². The highest BCUT2D eigenvalue weighted by Gasteiger charge is 2.43. The minimum absolute atomic E-state index is 0.00163. The molecule has 1 fully saturated rings. The fourth-order valence-corrected chi connectivity index (χ4v) is 3.43. The lowest BCUT2D eigenvalue weighted by Gasteiger charge is -2.39. The van der Waals surface area contributed by atoms with E-state index < -0.39 is 8.32 Å². The second-order valence-corrected chi connectivity index (χ2v) is 13.1. The van der Waals surface area contributed by atoms with Crippen molar-refractivity contribution < 1.29 is 9.22 Å². The lowest BCUT2D eigenvalue weighted by Crippen LogP contribution is -2.55. The second-order valence-electron chi connectivity index (χ2n) is 8.38. The van der Waals surface area contributed by atoms with Gasteiger partial charge in [-0.2, -0.15) is 0 Å². The van der Waals surface area contributed by atoms with E-state index in [2.05, 4.69) is 44.5 Å². The van der Waals surface area contributed by atoms with E-state index in [1.165, 1.54) is 0 Å². The summed E-state index contributed by atoms with van der Waals surface area (Å²) in [6, 6.07) is -0.219. The van der Waals surface area contributed by atoms with Gasteiger partial charge in [0.1, 0.15) is 6.04 Å². The highest BCUT2D eigenvalue weighted by molar-refractivity contribution is 6.74. The molecule has 5 heteroatoms. The Bertz CT molecular complexity index is 356. The summed E-state index contributed by atoms with van der Waals surface area (Å²) in [6.07, 6.45) is 0.910. The van der Waals surface area contributed by atoms with Gasteiger partial charge in [0.15, 0.2) is 8.32 Å². The molecule has 0 aromatic rings. The van der Waals surface area contributed by atoms with Gasteiger partial charge in [-0.1, -0.05) is 20.8 Å². The minimum atomic E-state index is -1.84. The van der Waals surface area contributed by atoms with Crippen LogP contribution in [0.1, 0.15) is 48.0 Å². The highest BCUT2D eigenvalue weighted by Crippen LogP contribution is 2.38. The molecule has 118 valence electrons. The van der Waals surface area contributed by atoms with E-state index in [1.54, 1.807) is 0 Å². The Hall–Kier alpha value is -0.393. The molecule has 0 unspecified atom stereocenters. The fraction of sp³-hybridized carbons (Fsp3) is 0.933. The summed E-state index contributed by atoms with van der Waals surface area (Å²) in [5, 5.41) is 6.51. The molecule has 1 aliphatic rings. The monoisotopic (exact) mass is 300 g/mol. The zero-order chi connectivity index (χ0) is 15.8. The molecule has 0 spiro atoms. The first-order chi connectivity index (χ1) is 8.83. The maximum atomic E-state index is 12.4. The lowest BCUT2D eigenvalue weighted by atomic mass is 10.1. The third-order valence-corrected chi connectivity index (χ3v) is 8.70. The van der Waals surface area contributed by atoms with Crippen LogP contribution in [-0.2, 0) is 9.22 Å². The van der Waals surface area contributed by atoms with Crippen molar-refractivity contribution in [2.24, 2.45) is 0 Å². The summed E-state index contributed by atoms with van der Waals surface area (Å²) < 4.78 is 6.43.